The molecule has 1 atom stereocenters. The molecular formula is C19H25FN4O2. The summed E-state index contributed by atoms with van der Waals surface area (Å²) in [6, 6.07) is 3.99. The van der Waals surface area contributed by atoms with Crippen molar-refractivity contribution in [3.8, 4) is 0 Å². The molecule has 0 radical (unpaired) electrons. The number of halogens is 1. The van der Waals surface area contributed by atoms with E-state index in [4.69, 9.17) is 0 Å². The van der Waals surface area contributed by atoms with Crippen molar-refractivity contribution >= 4 is 23.4 Å². The quantitative estimate of drug-likeness (QED) is 0.771. The molecule has 3 aliphatic rings. The maximum atomic E-state index is 14.2. The van der Waals surface area contributed by atoms with Crippen molar-refractivity contribution < 1.29 is 14.0 Å². The van der Waals surface area contributed by atoms with Crippen molar-refractivity contribution in [3.63, 3.8) is 0 Å². The van der Waals surface area contributed by atoms with Gasteiger partial charge >= 0.3 is 12.1 Å². The number of benzene rings is 1. The van der Waals surface area contributed by atoms with E-state index in [9.17, 15) is 14.0 Å². The van der Waals surface area contributed by atoms with Crippen LogP contribution in [0.4, 0.5) is 25.4 Å². The molecule has 1 aromatic carbocycles. The second-order valence-electron chi connectivity index (χ2n) is 7.68. The minimum Gasteiger partial charge on any atom is -0.338 e. The van der Waals surface area contributed by atoms with Crippen LogP contribution in [0.1, 0.15) is 44.9 Å². The van der Waals surface area contributed by atoms with Crippen LogP contribution >= 0.6 is 0 Å². The molecule has 1 aliphatic heterocycles. The van der Waals surface area contributed by atoms with E-state index in [1.807, 2.05) is 0 Å². The third kappa shape index (κ3) is 3.34. The van der Waals surface area contributed by atoms with Gasteiger partial charge in [-0.05, 0) is 49.3 Å². The highest BCUT2D eigenvalue weighted by Crippen LogP contribution is 2.56. The molecule has 2 aliphatic carbocycles. The van der Waals surface area contributed by atoms with Crippen LogP contribution in [0.15, 0.2) is 18.2 Å². The van der Waals surface area contributed by atoms with Crippen LogP contribution < -0.4 is 20.9 Å². The normalized spacial score (nSPS) is 24.1. The smallest absolute Gasteiger partial charge is 0.321 e. The van der Waals surface area contributed by atoms with Crippen LogP contribution in [-0.4, -0.2) is 31.2 Å². The summed E-state index contributed by atoms with van der Waals surface area (Å²) in [4.78, 5) is 25.6. The zero-order valence-electron chi connectivity index (χ0n) is 14.8. The first-order valence-electron chi connectivity index (χ1n) is 9.50. The van der Waals surface area contributed by atoms with Gasteiger partial charge in [0.15, 0.2) is 0 Å². The fourth-order valence-electron chi connectivity index (χ4n) is 4.34. The Bertz CT molecular complexity index is 717. The van der Waals surface area contributed by atoms with E-state index in [0.717, 1.165) is 12.8 Å². The number of carbonyl (C=O) groups excluding carboxylic acids is 2. The topological polar surface area (TPSA) is 73.5 Å². The van der Waals surface area contributed by atoms with Gasteiger partial charge < -0.3 is 16.0 Å². The number of hydrogen-bond acceptors (Lipinski definition) is 2. The lowest BCUT2D eigenvalue weighted by Crippen LogP contribution is -2.46. The van der Waals surface area contributed by atoms with E-state index in [1.165, 1.54) is 55.2 Å². The van der Waals surface area contributed by atoms with E-state index < -0.39 is 5.82 Å². The van der Waals surface area contributed by atoms with Gasteiger partial charge in [0, 0.05) is 24.8 Å². The third-order valence-corrected chi connectivity index (χ3v) is 5.92. The summed E-state index contributed by atoms with van der Waals surface area (Å²) in [6.45, 7) is 1.06. The first kappa shape index (κ1) is 17.1. The molecule has 7 heteroatoms. The van der Waals surface area contributed by atoms with Crippen molar-refractivity contribution in [2.24, 2.45) is 5.41 Å². The lowest BCUT2D eigenvalue weighted by atomic mass is 9.86. The second kappa shape index (κ2) is 6.78. The Morgan fingerprint density at radius 3 is 2.81 bits per heavy atom. The standard InChI is InChI=1S/C19H25FN4O2/c20-14-6-5-13(11-15(14)24-10-4-9-21-18(24)26)22-17(25)23-16-12-19(16)7-2-1-3-8-19/h5-6,11,16H,1-4,7-10,12H2,(H,21,26)(H2,22,23,25). The number of amides is 4. The van der Waals surface area contributed by atoms with Crippen LogP contribution in [0.3, 0.4) is 0 Å². The molecule has 4 amide bonds. The molecule has 4 rings (SSSR count). The second-order valence-corrected chi connectivity index (χ2v) is 7.68. The van der Waals surface area contributed by atoms with Gasteiger partial charge in [0.1, 0.15) is 5.82 Å². The molecule has 1 heterocycles. The fraction of sp³-hybridized carbons (Fsp3) is 0.579. The van der Waals surface area contributed by atoms with Gasteiger partial charge in [-0.25, -0.2) is 14.0 Å². The molecule has 1 saturated heterocycles. The highest BCUT2D eigenvalue weighted by atomic mass is 19.1. The van der Waals surface area contributed by atoms with Crippen LogP contribution in [-0.2, 0) is 0 Å². The number of anilines is 2. The monoisotopic (exact) mass is 360 g/mol. The lowest BCUT2D eigenvalue weighted by Gasteiger charge is -2.28. The Labute approximate surface area is 152 Å². The van der Waals surface area contributed by atoms with Gasteiger partial charge in [-0.2, -0.15) is 0 Å². The number of hydrogen-bond donors (Lipinski definition) is 3. The van der Waals surface area contributed by atoms with Gasteiger partial charge in [0.2, 0.25) is 0 Å². The first-order chi connectivity index (χ1) is 12.6. The molecule has 2 saturated carbocycles. The van der Waals surface area contributed by atoms with E-state index in [-0.39, 0.29) is 23.8 Å². The molecule has 1 aromatic rings. The molecule has 3 N–H and O–H groups in total. The average molecular weight is 360 g/mol. The van der Waals surface area contributed by atoms with E-state index in [0.29, 0.717) is 24.2 Å². The van der Waals surface area contributed by atoms with Crippen LogP contribution in [0.2, 0.25) is 0 Å². The predicted octanol–water partition coefficient (Wildman–Crippen LogP) is 3.59. The molecule has 140 valence electrons. The summed E-state index contributed by atoms with van der Waals surface area (Å²) in [7, 11) is 0. The third-order valence-electron chi connectivity index (χ3n) is 5.92. The largest absolute Gasteiger partial charge is 0.338 e. The van der Waals surface area contributed by atoms with Gasteiger partial charge in [-0.15, -0.1) is 0 Å². The molecular weight excluding hydrogens is 335 g/mol. The number of rotatable bonds is 3. The molecule has 1 spiro atoms. The molecule has 6 nitrogen and oxygen atoms in total. The number of nitrogens with one attached hydrogen (secondary N) is 3. The predicted molar refractivity (Wildman–Crippen MR) is 97.8 cm³/mol. The van der Waals surface area contributed by atoms with Crippen LogP contribution in [0, 0.1) is 11.2 Å². The summed E-state index contributed by atoms with van der Waals surface area (Å²) >= 11 is 0. The summed E-state index contributed by atoms with van der Waals surface area (Å²) in [5, 5.41) is 8.54. The minimum absolute atomic E-state index is 0.190. The highest BCUT2D eigenvalue weighted by molar-refractivity contribution is 5.95. The summed E-state index contributed by atoms with van der Waals surface area (Å²) in [5.74, 6) is -0.476. The Morgan fingerprint density at radius 1 is 1.23 bits per heavy atom. The highest BCUT2D eigenvalue weighted by Gasteiger charge is 2.54. The molecule has 3 fully saturated rings. The Kier molecular flexibility index (Phi) is 4.46. The molecule has 1 unspecified atom stereocenters. The molecule has 0 aromatic heterocycles. The van der Waals surface area contributed by atoms with Gasteiger partial charge in [-0.1, -0.05) is 19.3 Å². The lowest BCUT2D eigenvalue weighted by molar-refractivity contribution is 0.242. The summed E-state index contributed by atoms with van der Waals surface area (Å²) in [5.41, 5.74) is 0.987. The number of nitrogens with zero attached hydrogens (tertiary/aromatic N) is 1. The SMILES string of the molecule is O=C(Nc1ccc(F)c(N2CCCNC2=O)c1)NC1CC12CCCCC2. The van der Waals surface area contributed by atoms with E-state index in [2.05, 4.69) is 16.0 Å². The van der Waals surface area contributed by atoms with Crippen LogP contribution in [0.25, 0.3) is 0 Å². The maximum Gasteiger partial charge on any atom is 0.321 e. The average Bonchev–Trinajstić information content (AvgIpc) is 3.28. The number of urea groups is 2. The maximum absolute atomic E-state index is 14.2. The van der Waals surface area contributed by atoms with Gasteiger partial charge in [0.05, 0.1) is 5.69 Å². The van der Waals surface area contributed by atoms with Crippen molar-refractivity contribution in [1.82, 2.24) is 10.6 Å². The van der Waals surface area contributed by atoms with Crippen molar-refractivity contribution in [1.29, 1.82) is 0 Å². The molecule has 26 heavy (non-hydrogen) atoms. The summed E-state index contributed by atoms with van der Waals surface area (Å²) in [6.07, 6.45) is 8.00. The van der Waals surface area contributed by atoms with Gasteiger partial charge in [0.25, 0.3) is 0 Å². The fourth-order valence-corrected chi connectivity index (χ4v) is 4.34. The first-order valence-corrected chi connectivity index (χ1v) is 9.50. The Hall–Kier alpha value is -2.31. The number of carbonyl (C=O) groups is 2. The van der Waals surface area contributed by atoms with Gasteiger partial charge in [-0.3, -0.25) is 4.90 Å². The minimum atomic E-state index is -0.476. The van der Waals surface area contributed by atoms with E-state index >= 15 is 0 Å². The summed E-state index contributed by atoms with van der Waals surface area (Å²) < 4.78 is 14.2. The van der Waals surface area contributed by atoms with E-state index in [1.54, 1.807) is 0 Å². The van der Waals surface area contributed by atoms with Crippen molar-refractivity contribution in [2.45, 2.75) is 51.0 Å². The van der Waals surface area contributed by atoms with Crippen molar-refractivity contribution in [2.75, 3.05) is 23.3 Å². The zero-order chi connectivity index (χ0) is 18.1. The Balaban J connectivity index is 1.39. The van der Waals surface area contributed by atoms with Crippen LogP contribution in [0.5, 0.6) is 0 Å². The zero-order valence-corrected chi connectivity index (χ0v) is 14.8. The van der Waals surface area contributed by atoms with Crippen molar-refractivity contribution in [3.05, 3.63) is 24.0 Å². The molecule has 0 bridgehead atoms. The Morgan fingerprint density at radius 2 is 2.04 bits per heavy atom.